The fourth-order valence-electron chi connectivity index (χ4n) is 3.33. The highest BCUT2D eigenvalue weighted by Gasteiger charge is 2.18. The zero-order valence-corrected chi connectivity index (χ0v) is 14.3. The number of benzene rings is 2. The quantitative estimate of drug-likeness (QED) is 0.773. The summed E-state index contributed by atoms with van der Waals surface area (Å²) in [7, 11) is 2.13. The molecule has 4 rings (SSSR count). The highest BCUT2D eigenvalue weighted by Crippen LogP contribution is 2.29. The largest absolute Gasteiger partial charge is 0.369 e. The van der Waals surface area contributed by atoms with Crippen LogP contribution in [0.25, 0.3) is 22.4 Å². The molecule has 0 amide bonds. The molecule has 0 spiro atoms. The van der Waals surface area contributed by atoms with Crippen molar-refractivity contribution in [1.29, 1.82) is 0 Å². The molecule has 0 saturated carbocycles. The Kier molecular flexibility index (Phi) is 3.92. The SMILES string of the molecule is Cc1cc(N2CCN(C)CC2)cc2[nH]c(-c3cccc(F)c3F)nc12. The Morgan fingerprint density at radius 3 is 2.60 bits per heavy atom. The molecule has 0 atom stereocenters. The number of likely N-dealkylation sites (N-methyl/N-ethyl adjacent to an activating group) is 1. The molecule has 1 fully saturated rings. The Hall–Kier alpha value is -2.47. The van der Waals surface area contributed by atoms with Crippen molar-refractivity contribution in [2.24, 2.45) is 0 Å². The van der Waals surface area contributed by atoms with Crippen molar-refractivity contribution in [2.45, 2.75) is 6.92 Å². The number of imidazole rings is 1. The second kappa shape index (κ2) is 6.11. The van der Waals surface area contributed by atoms with Crippen molar-refractivity contribution in [2.75, 3.05) is 38.1 Å². The summed E-state index contributed by atoms with van der Waals surface area (Å²) in [5.41, 5.74) is 3.93. The number of aromatic nitrogens is 2. The first-order valence-electron chi connectivity index (χ1n) is 8.41. The number of aromatic amines is 1. The van der Waals surface area contributed by atoms with Gasteiger partial charge in [0.2, 0.25) is 0 Å². The van der Waals surface area contributed by atoms with E-state index in [-0.39, 0.29) is 5.56 Å². The smallest absolute Gasteiger partial charge is 0.169 e. The second-order valence-corrected chi connectivity index (χ2v) is 6.64. The summed E-state index contributed by atoms with van der Waals surface area (Å²) in [6.07, 6.45) is 0. The molecular formula is C19H20F2N4. The predicted octanol–water partition coefficient (Wildman–Crippen LogP) is 3.57. The summed E-state index contributed by atoms with van der Waals surface area (Å²) >= 11 is 0. The van der Waals surface area contributed by atoms with Crippen LogP contribution in [0.4, 0.5) is 14.5 Å². The minimum Gasteiger partial charge on any atom is -0.369 e. The standard InChI is InChI=1S/C19H20F2N4/c1-12-10-13(25-8-6-24(2)7-9-25)11-16-18(12)23-19(22-16)14-4-3-5-15(20)17(14)21/h3-5,10-11H,6-9H2,1-2H3,(H,22,23). The fraction of sp³-hybridized carbons (Fsp3) is 0.316. The lowest BCUT2D eigenvalue weighted by atomic mass is 10.1. The molecule has 0 radical (unpaired) electrons. The number of H-pyrrole nitrogens is 1. The molecule has 2 heterocycles. The highest BCUT2D eigenvalue weighted by atomic mass is 19.2. The first kappa shape index (κ1) is 16.0. The van der Waals surface area contributed by atoms with E-state index in [9.17, 15) is 8.78 Å². The van der Waals surface area contributed by atoms with E-state index in [4.69, 9.17) is 0 Å². The van der Waals surface area contributed by atoms with Gasteiger partial charge in [0.25, 0.3) is 0 Å². The third-order valence-electron chi connectivity index (χ3n) is 4.84. The number of aryl methyl sites for hydroxylation is 1. The van der Waals surface area contributed by atoms with Crippen molar-refractivity contribution >= 4 is 16.7 Å². The van der Waals surface area contributed by atoms with E-state index in [0.717, 1.165) is 54.5 Å². The van der Waals surface area contributed by atoms with Gasteiger partial charge in [-0.3, -0.25) is 0 Å². The van der Waals surface area contributed by atoms with Gasteiger partial charge in [-0.1, -0.05) is 6.07 Å². The molecule has 0 unspecified atom stereocenters. The molecular weight excluding hydrogens is 322 g/mol. The number of anilines is 1. The van der Waals surface area contributed by atoms with Crippen LogP contribution >= 0.6 is 0 Å². The van der Waals surface area contributed by atoms with Gasteiger partial charge in [0, 0.05) is 31.9 Å². The van der Waals surface area contributed by atoms with Crippen molar-refractivity contribution < 1.29 is 8.78 Å². The molecule has 1 aromatic heterocycles. The van der Waals surface area contributed by atoms with E-state index < -0.39 is 11.6 Å². The van der Waals surface area contributed by atoms with Crippen molar-refractivity contribution in [3.63, 3.8) is 0 Å². The Labute approximate surface area is 145 Å². The van der Waals surface area contributed by atoms with Crippen LogP contribution in [0.1, 0.15) is 5.56 Å². The zero-order valence-electron chi connectivity index (χ0n) is 14.3. The van der Waals surface area contributed by atoms with Gasteiger partial charge in [0.1, 0.15) is 5.82 Å². The van der Waals surface area contributed by atoms with E-state index in [1.54, 1.807) is 0 Å². The van der Waals surface area contributed by atoms with Crippen LogP contribution in [-0.2, 0) is 0 Å². The average Bonchev–Trinajstić information content (AvgIpc) is 3.02. The molecule has 25 heavy (non-hydrogen) atoms. The second-order valence-electron chi connectivity index (χ2n) is 6.64. The normalized spacial score (nSPS) is 15.9. The molecule has 1 saturated heterocycles. The van der Waals surface area contributed by atoms with Gasteiger partial charge in [-0.05, 0) is 43.8 Å². The van der Waals surface area contributed by atoms with E-state index >= 15 is 0 Å². The third-order valence-corrected chi connectivity index (χ3v) is 4.84. The number of piperazine rings is 1. The summed E-state index contributed by atoms with van der Waals surface area (Å²) in [5.74, 6) is -1.39. The maximum atomic E-state index is 14.1. The van der Waals surface area contributed by atoms with Crippen LogP contribution in [0.2, 0.25) is 0 Å². The molecule has 130 valence electrons. The van der Waals surface area contributed by atoms with Gasteiger partial charge in [-0.15, -0.1) is 0 Å². The number of halogens is 2. The molecule has 1 aliphatic rings. The van der Waals surface area contributed by atoms with Crippen LogP contribution in [-0.4, -0.2) is 48.1 Å². The number of nitrogens with zero attached hydrogens (tertiary/aromatic N) is 3. The Morgan fingerprint density at radius 1 is 1.08 bits per heavy atom. The lowest BCUT2D eigenvalue weighted by Crippen LogP contribution is -2.44. The fourth-order valence-corrected chi connectivity index (χ4v) is 3.33. The minimum absolute atomic E-state index is 0.150. The van der Waals surface area contributed by atoms with Crippen LogP contribution in [0, 0.1) is 18.6 Å². The first-order valence-corrected chi connectivity index (χ1v) is 8.41. The summed E-state index contributed by atoms with van der Waals surface area (Å²) in [4.78, 5) is 12.3. The average molecular weight is 342 g/mol. The number of nitrogens with one attached hydrogen (secondary N) is 1. The Bertz CT molecular complexity index is 927. The van der Waals surface area contributed by atoms with Gasteiger partial charge < -0.3 is 14.8 Å². The van der Waals surface area contributed by atoms with Crippen LogP contribution in [0.5, 0.6) is 0 Å². The van der Waals surface area contributed by atoms with E-state index in [1.807, 2.05) is 13.0 Å². The lowest BCUT2D eigenvalue weighted by molar-refractivity contribution is 0.313. The maximum Gasteiger partial charge on any atom is 0.169 e. The summed E-state index contributed by atoms with van der Waals surface area (Å²) in [5, 5.41) is 0. The van der Waals surface area contributed by atoms with Crippen molar-refractivity contribution in [3.8, 4) is 11.4 Å². The molecule has 1 N–H and O–H groups in total. The van der Waals surface area contributed by atoms with Crippen LogP contribution < -0.4 is 4.90 Å². The molecule has 1 aliphatic heterocycles. The number of fused-ring (bicyclic) bond motifs is 1. The summed E-state index contributed by atoms with van der Waals surface area (Å²) in [6.45, 7) is 6.00. The predicted molar refractivity (Wildman–Crippen MR) is 95.9 cm³/mol. The van der Waals surface area contributed by atoms with E-state index in [1.165, 1.54) is 12.1 Å². The van der Waals surface area contributed by atoms with Gasteiger partial charge in [-0.25, -0.2) is 13.8 Å². The Morgan fingerprint density at radius 2 is 1.84 bits per heavy atom. The monoisotopic (exact) mass is 342 g/mol. The molecule has 4 nitrogen and oxygen atoms in total. The zero-order chi connectivity index (χ0) is 17.6. The maximum absolute atomic E-state index is 14.1. The summed E-state index contributed by atoms with van der Waals surface area (Å²) in [6, 6.07) is 8.29. The molecule has 2 aromatic carbocycles. The van der Waals surface area contributed by atoms with Crippen molar-refractivity contribution in [3.05, 3.63) is 47.5 Å². The Balaban J connectivity index is 1.76. The summed E-state index contributed by atoms with van der Waals surface area (Å²) < 4.78 is 27.6. The number of hydrogen-bond acceptors (Lipinski definition) is 3. The topological polar surface area (TPSA) is 35.2 Å². The van der Waals surface area contributed by atoms with Crippen molar-refractivity contribution in [1.82, 2.24) is 14.9 Å². The van der Waals surface area contributed by atoms with Gasteiger partial charge in [0.05, 0.1) is 16.6 Å². The van der Waals surface area contributed by atoms with Gasteiger partial charge >= 0.3 is 0 Å². The molecule has 0 bridgehead atoms. The van der Waals surface area contributed by atoms with Gasteiger partial charge in [-0.2, -0.15) is 0 Å². The van der Waals surface area contributed by atoms with Gasteiger partial charge in [0.15, 0.2) is 11.6 Å². The molecule has 6 heteroatoms. The van der Waals surface area contributed by atoms with E-state index in [0.29, 0.717) is 5.82 Å². The number of rotatable bonds is 2. The lowest BCUT2D eigenvalue weighted by Gasteiger charge is -2.34. The van der Waals surface area contributed by atoms with E-state index in [2.05, 4.69) is 32.9 Å². The third kappa shape index (κ3) is 2.87. The highest BCUT2D eigenvalue weighted by molar-refractivity contribution is 5.86. The molecule has 0 aliphatic carbocycles. The number of hydrogen-bond donors (Lipinski definition) is 1. The molecule has 3 aromatic rings. The minimum atomic E-state index is -0.876. The van der Waals surface area contributed by atoms with Crippen LogP contribution in [0.15, 0.2) is 30.3 Å². The first-order chi connectivity index (χ1) is 12.0. The van der Waals surface area contributed by atoms with Crippen LogP contribution in [0.3, 0.4) is 0 Å².